The first-order valence-corrected chi connectivity index (χ1v) is 11.0. The number of benzene rings is 3. The third kappa shape index (κ3) is 7.23. The zero-order valence-corrected chi connectivity index (χ0v) is 19.5. The summed E-state index contributed by atoms with van der Waals surface area (Å²) in [5.74, 6) is 0.491. The smallest absolute Gasteiger partial charge is 0.265 e. The van der Waals surface area contributed by atoms with Crippen LogP contribution in [0.2, 0.25) is 0 Å². The molecule has 0 aliphatic carbocycles. The van der Waals surface area contributed by atoms with Gasteiger partial charge in [0.1, 0.15) is 12.4 Å². The highest BCUT2D eigenvalue weighted by Crippen LogP contribution is 2.34. The number of hydrogen-bond donors (Lipinski definition) is 1. The number of halogens is 2. The van der Waals surface area contributed by atoms with Crippen LogP contribution in [0.15, 0.2) is 71.9 Å². The van der Waals surface area contributed by atoms with Crippen molar-refractivity contribution in [2.75, 3.05) is 18.5 Å². The van der Waals surface area contributed by atoms with E-state index in [1.165, 1.54) is 18.3 Å². The van der Waals surface area contributed by atoms with Crippen LogP contribution in [0.1, 0.15) is 18.1 Å². The molecule has 0 bridgehead atoms. The Morgan fingerprint density at radius 1 is 1.09 bits per heavy atom. The summed E-state index contributed by atoms with van der Waals surface area (Å²) in [6.45, 7) is 2.32. The summed E-state index contributed by atoms with van der Waals surface area (Å²) >= 11 is 2.14. The molecule has 0 unspecified atom stereocenters. The molecule has 3 rings (SSSR count). The van der Waals surface area contributed by atoms with Gasteiger partial charge in [-0.3, -0.25) is 4.79 Å². The minimum atomic E-state index is -0.310. The number of para-hydroxylation sites is 1. The minimum Gasteiger partial charge on any atom is -0.490 e. The Labute approximate surface area is 199 Å². The molecule has 6 nitrogen and oxygen atoms in total. The van der Waals surface area contributed by atoms with E-state index in [1.54, 1.807) is 30.3 Å². The lowest BCUT2D eigenvalue weighted by molar-refractivity contribution is -0.120. The number of hydrogen-bond acceptors (Lipinski definition) is 5. The molecule has 0 aliphatic rings. The van der Waals surface area contributed by atoms with Gasteiger partial charge in [-0.2, -0.15) is 0 Å². The highest BCUT2D eigenvalue weighted by atomic mass is 127. The maximum Gasteiger partial charge on any atom is 0.265 e. The predicted octanol–water partition coefficient (Wildman–Crippen LogP) is 5.40. The Balaban J connectivity index is 1.61. The fourth-order valence-corrected chi connectivity index (χ4v) is 3.54. The van der Waals surface area contributed by atoms with Gasteiger partial charge in [-0.25, -0.2) is 4.39 Å². The number of nitrogens with one attached hydrogen (secondary N) is 1. The quantitative estimate of drug-likeness (QED) is 0.210. The Morgan fingerprint density at radius 3 is 2.66 bits per heavy atom. The molecule has 166 valence electrons. The van der Waals surface area contributed by atoms with Crippen LogP contribution < -0.4 is 14.8 Å². The van der Waals surface area contributed by atoms with E-state index in [0.29, 0.717) is 23.8 Å². The van der Waals surface area contributed by atoms with Crippen LogP contribution >= 0.6 is 22.6 Å². The van der Waals surface area contributed by atoms with Crippen molar-refractivity contribution in [3.8, 4) is 11.5 Å². The van der Waals surface area contributed by atoms with Crippen LogP contribution in [0.5, 0.6) is 11.5 Å². The van der Waals surface area contributed by atoms with Gasteiger partial charge in [0.25, 0.3) is 5.91 Å². The molecule has 1 amide bonds. The first kappa shape index (κ1) is 23.5. The molecule has 1 N–H and O–H groups in total. The van der Waals surface area contributed by atoms with Gasteiger partial charge in [-0.1, -0.05) is 35.5 Å². The Bertz CT molecular complexity index is 1080. The molecular weight excluding hydrogens is 526 g/mol. The van der Waals surface area contributed by atoms with E-state index in [2.05, 4.69) is 33.1 Å². The second-order valence-corrected chi connectivity index (χ2v) is 7.77. The van der Waals surface area contributed by atoms with Crippen LogP contribution in [0.3, 0.4) is 0 Å². The fourth-order valence-electron chi connectivity index (χ4n) is 2.76. The number of nitrogens with zero attached hydrogens (tertiary/aromatic N) is 1. The molecule has 0 spiro atoms. The summed E-state index contributed by atoms with van der Waals surface area (Å²) in [6, 6.07) is 19.0. The molecule has 3 aromatic rings. The average Bonchev–Trinajstić information content (AvgIpc) is 2.77. The topological polar surface area (TPSA) is 69.2 Å². The maximum atomic E-state index is 13.4. The molecule has 0 atom stereocenters. The monoisotopic (exact) mass is 548 g/mol. The predicted molar refractivity (Wildman–Crippen MR) is 130 cm³/mol. The van der Waals surface area contributed by atoms with E-state index in [4.69, 9.17) is 14.3 Å². The van der Waals surface area contributed by atoms with Gasteiger partial charge in [-0.05, 0) is 71.5 Å². The molecule has 0 aliphatic heterocycles. The van der Waals surface area contributed by atoms with Crippen LogP contribution in [-0.2, 0) is 16.2 Å². The lowest BCUT2D eigenvalue weighted by Crippen LogP contribution is -2.16. The van der Waals surface area contributed by atoms with Crippen LogP contribution in [0, 0.1) is 9.39 Å². The summed E-state index contributed by atoms with van der Waals surface area (Å²) in [5, 5.41) is 6.59. The van der Waals surface area contributed by atoms with Gasteiger partial charge >= 0.3 is 0 Å². The lowest BCUT2D eigenvalue weighted by atomic mass is 10.2. The number of ether oxygens (including phenoxy) is 2. The highest BCUT2D eigenvalue weighted by Gasteiger charge is 2.12. The zero-order chi connectivity index (χ0) is 22.8. The summed E-state index contributed by atoms with van der Waals surface area (Å²) in [4.78, 5) is 17.0. The van der Waals surface area contributed by atoms with Gasteiger partial charge in [0.05, 0.1) is 16.4 Å². The van der Waals surface area contributed by atoms with Crippen LogP contribution in [0.4, 0.5) is 10.1 Å². The van der Waals surface area contributed by atoms with Gasteiger partial charge in [0, 0.05) is 11.3 Å². The van der Waals surface area contributed by atoms with Crippen molar-refractivity contribution in [2.24, 2.45) is 5.16 Å². The van der Waals surface area contributed by atoms with Gasteiger partial charge in [0.15, 0.2) is 18.1 Å². The lowest BCUT2D eigenvalue weighted by Gasteiger charge is -2.14. The first-order chi connectivity index (χ1) is 15.5. The van der Waals surface area contributed by atoms with Crippen molar-refractivity contribution < 1.29 is 23.5 Å². The molecule has 0 aromatic heterocycles. The number of oxime groups is 1. The van der Waals surface area contributed by atoms with Gasteiger partial charge in [-0.15, -0.1) is 0 Å². The summed E-state index contributed by atoms with van der Waals surface area (Å²) in [7, 11) is 0. The van der Waals surface area contributed by atoms with Crippen molar-refractivity contribution in [3.63, 3.8) is 0 Å². The molecule has 8 heteroatoms. The largest absolute Gasteiger partial charge is 0.490 e. The van der Waals surface area contributed by atoms with E-state index in [1.807, 2.05) is 31.2 Å². The third-order valence-electron chi connectivity index (χ3n) is 4.13. The fraction of sp³-hybridized carbons (Fsp3) is 0.167. The van der Waals surface area contributed by atoms with E-state index in [9.17, 15) is 9.18 Å². The number of rotatable bonds is 10. The molecule has 0 saturated heterocycles. The zero-order valence-electron chi connectivity index (χ0n) is 17.4. The van der Waals surface area contributed by atoms with Crippen molar-refractivity contribution in [2.45, 2.75) is 13.5 Å². The Morgan fingerprint density at radius 2 is 1.91 bits per heavy atom. The SMILES string of the molecule is CCOc1cc(/C=N/OCC(=O)Nc2ccccc2)cc(I)c1OCc1cccc(F)c1. The Kier molecular flexibility index (Phi) is 8.85. The molecule has 32 heavy (non-hydrogen) atoms. The number of carbonyl (C=O) groups is 1. The minimum absolute atomic E-state index is 0.209. The highest BCUT2D eigenvalue weighted by molar-refractivity contribution is 14.1. The van der Waals surface area contributed by atoms with Gasteiger partial charge < -0.3 is 19.6 Å². The van der Waals surface area contributed by atoms with Crippen molar-refractivity contribution >= 4 is 40.4 Å². The Hall–Kier alpha value is -3.14. The second kappa shape index (κ2) is 12.0. The molecular formula is C24H22FIN2O4. The second-order valence-electron chi connectivity index (χ2n) is 6.60. The number of carbonyl (C=O) groups excluding carboxylic acids is 1. The van der Waals surface area contributed by atoms with E-state index in [-0.39, 0.29) is 24.9 Å². The summed E-state index contributed by atoms with van der Waals surface area (Å²) in [5.41, 5.74) is 2.13. The summed E-state index contributed by atoms with van der Waals surface area (Å²) in [6.07, 6.45) is 1.50. The maximum absolute atomic E-state index is 13.4. The van der Waals surface area contributed by atoms with Gasteiger partial charge in [0.2, 0.25) is 0 Å². The summed E-state index contributed by atoms with van der Waals surface area (Å²) < 4.78 is 25.8. The molecule has 0 radical (unpaired) electrons. The van der Waals surface area contributed by atoms with Crippen molar-refractivity contribution in [1.82, 2.24) is 0 Å². The molecule has 0 heterocycles. The molecule has 0 saturated carbocycles. The van der Waals surface area contributed by atoms with Crippen LogP contribution in [0.25, 0.3) is 0 Å². The average molecular weight is 548 g/mol. The molecule has 0 fully saturated rings. The standard InChI is InChI=1S/C24H22FIN2O4/c1-2-30-22-13-18(14-27-32-16-23(29)28-20-9-4-3-5-10-20)12-21(26)24(22)31-15-17-7-6-8-19(25)11-17/h3-14H,2,15-16H2,1H3,(H,28,29)/b27-14+. The molecule has 3 aromatic carbocycles. The van der Waals surface area contributed by atoms with E-state index >= 15 is 0 Å². The normalized spacial score (nSPS) is 10.7. The number of amides is 1. The third-order valence-corrected chi connectivity index (χ3v) is 4.93. The van der Waals surface area contributed by atoms with E-state index in [0.717, 1.165) is 14.7 Å². The van der Waals surface area contributed by atoms with Crippen molar-refractivity contribution in [3.05, 3.63) is 87.2 Å². The first-order valence-electron chi connectivity index (χ1n) is 9.89. The van der Waals surface area contributed by atoms with E-state index < -0.39 is 0 Å². The number of anilines is 1. The van der Waals surface area contributed by atoms with Crippen LogP contribution in [-0.4, -0.2) is 25.3 Å². The van der Waals surface area contributed by atoms with Crippen molar-refractivity contribution in [1.29, 1.82) is 0 Å².